The van der Waals surface area contributed by atoms with Crippen LogP contribution in [0.4, 0.5) is 11.4 Å². The van der Waals surface area contributed by atoms with Gasteiger partial charge >= 0.3 is 5.97 Å². The first kappa shape index (κ1) is 19.2. The second-order valence-electron chi connectivity index (χ2n) is 5.14. The van der Waals surface area contributed by atoms with Crippen LogP contribution in [0.5, 0.6) is 5.75 Å². The predicted octanol–water partition coefficient (Wildman–Crippen LogP) is 3.20. The summed E-state index contributed by atoms with van der Waals surface area (Å²) in [6, 6.07) is 12.1. The van der Waals surface area contributed by atoms with Crippen molar-refractivity contribution in [1.82, 2.24) is 0 Å². The van der Waals surface area contributed by atoms with Gasteiger partial charge in [-0.25, -0.2) is 4.79 Å². The minimum atomic E-state index is -1.16. The van der Waals surface area contributed by atoms with Crippen LogP contribution in [0.15, 0.2) is 48.5 Å². The first-order valence-electron chi connectivity index (χ1n) is 7.49. The molecule has 0 bridgehead atoms. The fraction of sp³-hybridized carbons (Fsp3) is 0.176. The Labute approximate surface area is 153 Å². The van der Waals surface area contributed by atoms with Gasteiger partial charge in [-0.1, -0.05) is 29.8 Å². The third kappa shape index (κ3) is 5.45. The lowest BCUT2D eigenvalue weighted by atomic mass is 10.2. The molecule has 0 aliphatic heterocycles. The van der Waals surface area contributed by atoms with Gasteiger partial charge in [0.25, 0.3) is 11.6 Å². The van der Waals surface area contributed by atoms with Gasteiger partial charge in [-0.05, 0) is 31.2 Å². The molecule has 1 atom stereocenters. The fourth-order valence-electron chi connectivity index (χ4n) is 1.96. The van der Waals surface area contributed by atoms with Crippen molar-refractivity contribution in [2.24, 2.45) is 0 Å². The number of carbonyl (C=O) groups excluding carboxylic acids is 2. The molecule has 26 heavy (non-hydrogen) atoms. The van der Waals surface area contributed by atoms with Gasteiger partial charge in [0.15, 0.2) is 12.7 Å². The van der Waals surface area contributed by atoms with Gasteiger partial charge < -0.3 is 14.8 Å². The number of carbonyl (C=O) groups is 2. The van der Waals surface area contributed by atoms with E-state index in [1.807, 2.05) is 0 Å². The molecule has 1 N–H and O–H groups in total. The molecule has 0 spiro atoms. The van der Waals surface area contributed by atoms with Crippen molar-refractivity contribution in [3.8, 4) is 5.75 Å². The maximum atomic E-state index is 12.1. The minimum absolute atomic E-state index is 0.0144. The van der Waals surface area contributed by atoms with Gasteiger partial charge in [0, 0.05) is 11.1 Å². The summed E-state index contributed by atoms with van der Waals surface area (Å²) in [4.78, 5) is 34.2. The van der Waals surface area contributed by atoms with E-state index in [1.54, 1.807) is 18.2 Å². The number of halogens is 1. The van der Waals surface area contributed by atoms with Crippen molar-refractivity contribution in [2.45, 2.75) is 13.0 Å². The highest BCUT2D eigenvalue weighted by Gasteiger charge is 2.21. The molecule has 2 aromatic rings. The van der Waals surface area contributed by atoms with Crippen LogP contribution >= 0.6 is 11.6 Å². The van der Waals surface area contributed by atoms with Crippen molar-refractivity contribution in [2.75, 3.05) is 11.9 Å². The van der Waals surface area contributed by atoms with E-state index in [2.05, 4.69) is 5.32 Å². The van der Waals surface area contributed by atoms with Crippen LogP contribution in [0.3, 0.4) is 0 Å². The van der Waals surface area contributed by atoms with E-state index in [9.17, 15) is 19.7 Å². The van der Waals surface area contributed by atoms with Gasteiger partial charge in [0.1, 0.15) is 11.4 Å². The summed E-state index contributed by atoms with van der Waals surface area (Å²) in [7, 11) is 0. The Morgan fingerprint density at radius 3 is 2.65 bits per heavy atom. The standard InChI is InChI=1S/C17H15ClN2O6/c1-11(17(22)19-14-7-2-3-8-15(14)20(23)24)26-16(21)10-25-13-6-4-5-12(18)9-13/h2-9,11H,10H2,1H3,(H,19,22)/t11-/m0/s1. The Hall–Kier alpha value is -3.13. The normalized spacial score (nSPS) is 11.3. The van der Waals surface area contributed by atoms with E-state index in [1.165, 1.54) is 37.3 Å². The number of anilines is 1. The smallest absolute Gasteiger partial charge is 0.344 e. The van der Waals surface area contributed by atoms with Gasteiger partial charge in [-0.15, -0.1) is 0 Å². The summed E-state index contributed by atoms with van der Waals surface area (Å²) in [5.41, 5.74) is -0.246. The van der Waals surface area contributed by atoms with Crippen LogP contribution in [0.25, 0.3) is 0 Å². The first-order valence-corrected chi connectivity index (χ1v) is 7.86. The van der Waals surface area contributed by atoms with Crippen molar-refractivity contribution < 1.29 is 24.0 Å². The number of amides is 1. The number of benzene rings is 2. The SMILES string of the molecule is C[C@H](OC(=O)COc1cccc(Cl)c1)C(=O)Nc1ccccc1[N+](=O)[O-]. The number of nitro groups is 1. The van der Waals surface area contributed by atoms with Crippen LogP contribution in [0.2, 0.25) is 5.02 Å². The summed E-state index contributed by atoms with van der Waals surface area (Å²) in [6.45, 7) is 0.935. The number of hydrogen-bond acceptors (Lipinski definition) is 6. The minimum Gasteiger partial charge on any atom is -0.482 e. The second-order valence-corrected chi connectivity index (χ2v) is 5.58. The van der Waals surface area contributed by atoms with Crippen molar-refractivity contribution in [3.63, 3.8) is 0 Å². The average molecular weight is 379 g/mol. The van der Waals surface area contributed by atoms with E-state index in [0.29, 0.717) is 10.8 Å². The molecular weight excluding hydrogens is 364 g/mol. The molecule has 1 amide bonds. The molecule has 2 aromatic carbocycles. The first-order chi connectivity index (χ1) is 12.4. The number of para-hydroxylation sites is 2. The molecule has 9 heteroatoms. The molecule has 0 heterocycles. The van der Waals surface area contributed by atoms with Crippen LogP contribution < -0.4 is 10.1 Å². The lowest BCUT2D eigenvalue weighted by molar-refractivity contribution is -0.383. The predicted molar refractivity (Wildman–Crippen MR) is 94.2 cm³/mol. The topological polar surface area (TPSA) is 108 Å². The largest absolute Gasteiger partial charge is 0.482 e. The molecule has 2 rings (SSSR count). The van der Waals surface area contributed by atoms with E-state index in [4.69, 9.17) is 21.1 Å². The van der Waals surface area contributed by atoms with Crippen LogP contribution in [-0.2, 0) is 14.3 Å². The fourth-order valence-corrected chi connectivity index (χ4v) is 2.14. The van der Waals surface area contributed by atoms with Crippen LogP contribution in [0, 0.1) is 10.1 Å². The molecule has 0 fully saturated rings. The van der Waals surface area contributed by atoms with Gasteiger partial charge in [-0.2, -0.15) is 0 Å². The van der Waals surface area contributed by atoms with E-state index >= 15 is 0 Å². The monoisotopic (exact) mass is 378 g/mol. The number of rotatable bonds is 7. The third-order valence-corrected chi connectivity index (χ3v) is 3.42. The van der Waals surface area contributed by atoms with Gasteiger partial charge in [0.05, 0.1) is 4.92 Å². The summed E-state index contributed by atoms with van der Waals surface area (Å²) < 4.78 is 10.2. The van der Waals surface area contributed by atoms with Crippen molar-refractivity contribution in [1.29, 1.82) is 0 Å². The Kier molecular flexibility index (Phi) is 6.51. The summed E-state index contributed by atoms with van der Waals surface area (Å²) in [6.07, 6.45) is -1.16. The summed E-state index contributed by atoms with van der Waals surface area (Å²) in [5, 5.41) is 13.8. The molecule has 136 valence electrons. The Morgan fingerprint density at radius 2 is 1.96 bits per heavy atom. The zero-order chi connectivity index (χ0) is 19.1. The third-order valence-electron chi connectivity index (χ3n) is 3.19. The van der Waals surface area contributed by atoms with E-state index < -0.39 is 29.5 Å². The number of nitrogens with one attached hydrogen (secondary N) is 1. The maximum Gasteiger partial charge on any atom is 0.344 e. The molecule has 0 aliphatic carbocycles. The van der Waals surface area contributed by atoms with Crippen molar-refractivity contribution in [3.05, 3.63) is 63.7 Å². The molecule has 0 aromatic heterocycles. The molecule has 0 unspecified atom stereocenters. The van der Waals surface area contributed by atoms with Crippen molar-refractivity contribution >= 4 is 34.9 Å². The number of nitro benzene ring substituents is 1. The maximum absolute atomic E-state index is 12.1. The Morgan fingerprint density at radius 1 is 1.23 bits per heavy atom. The molecule has 0 saturated heterocycles. The molecule has 8 nitrogen and oxygen atoms in total. The summed E-state index contributed by atoms with van der Waals surface area (Å²) in [5.74, 6) is -1.09. The second kappa shape index (κ2) is 8.82. The molecule has 0 radical (unpaired) electrons. The molecular formula is C17H15ClN2O6. The lowest BCUT2D eigenvalue weighted by Gasteiger charge is -2.14. The number of hydrogen-bond donors (Lipinski definition) is 1. The van der Waals surface area contributed by atoms with Crippen LogP contribution in [0.1, 0.15) is 6.92 Å². The van der Waals surface area contributed by atoms with E-state index in [0.717, 1.165) is 0 Å². The molecule has 0 aliphatic rings. The van der Waals surface area contributed by atoms with E-state index in [-0.39, 0.29) is 11.4 Å². The van der Waals surface area contributed by atoms with Gasteiger partial charge in [-0.3, -0.25) is 14.9 Å². The van der Waals surface area contributed by atoms with Crippen LogP contribution in [-0.4, -0.2) is 29.5 Å². The highest BCUT2D eigenvalue weighted by Crippen LogP contribution is 2.23. The zero-order valence-corrected chi connectivity index (χ0v) is 14.4. The lowest BCUT2D eigenvalue weighted by Crippen LogP contribution is -2.31. The Balaban J connectivity index is 1.88. The summed E-state index contributed by atoms with van der Waals surface area (Å²) >= 11 is 5.80. The van der Waals surface area contributed by atoms with Gasteiger partial charge in [0.2, 0.25) is 0 Å². The average Bonchev–Trinajstić information content (AvgIpc) is 2.60. The quantitative estimate of drug-likeness (QED) is 0.450. The number of nitrogens with zero attached hydrogens (tertiary/aromatic N) is 1. The number of ether oxygens (including phenoxy) is 2. The highest BCUT2D eigenvalue weighted by atomic mass is 35.5. The Bertz CT molecular complexity index is 826. The zero-order valence-electron chi connectivity index (χ0n) is 13.7. The number of esters is 1. The highest BCUT2D eigenvalue weighted by molar-refractivity contribution is 6.30. The molecule has 0 saturated carbocycles.